The summed E-state index contributed by atoms with van der Waals surface area (Å²) in [4.78, 5) is 0. The van der Waals surface area contributed by atoms with Gasteiger partial charge in [0.05, 0.1) is 0 Å². The lowest BCUT2D eigenvalue weighted by Gasteiger charge is -2.39. The molecule has 0 radical (unpaired) electrons. The van der Waals surface area contributed by atoms with Gasteiger partial charge < -0.3 is 0 Å². The molecule has 0 aliphatic carbocycles. The Kier molecular flexibility index (Phi) is 7.56. The lowest BCUT2D eigenvalue weighted by atomic mass is 9.66. The highest BCUT2D eigenvalue weighted by molar-refractivity contribution is 4.83. The Morgan fingerprint density at radius 2 is 1.44 bits per heavy atom. The van der Waals surface area contributed by atoms with Crippen LogP contribution in [0.15, 0.2) is 0 Å². The lowest BCUT2D eigenvalue weighted by molar-refractivity contribution is 0.120. The molecule has 0 aromatic heterocycles. The topological polar surface area (TPSA) is 0 Å². The van der Waals surface area contributed by atoms with Crippen LogP contribution < -0.4 is 0 Å². The van der Waals surface area contributed by atoms with E-state index < -0.39 is 0 Å². The van der Waals surface area contributed by atoms with Gasteiger partial charge in [0.2, 0.25) is 0 Å². The van der Waals surface area contributed by atoms with E-state index in [0.29, 0.717) is 10.8 Å². The summed E-state index contributed by atoms with van der Waals surface area (Å²) in [6, 6.07) is 0. The highest BCUT2D eigenvalue weighted by Gasteiger charge is 2.32. The lowest BCUT2D eigenvalue weighted by Crippen LogP contribution is -2.28. The van der Waals surface area contributed by atoms with Gasteiger partial charge in [-0.3, -0.25) is 0 Å². The maximum Gasteiger partial charge on any atom is -0.0323 e. The summed E-state index contributed by atoms with van der Waals surface area (Å²) in [5.74, 6) is 1.72. The molecule has 0 amide bonds. The first-order valence-electron chi connectivity index (χ1n) is 8.19. The normalized spacial score (nSPS) is 19.3. The van der Waals surface area contributed by atoms with Crippen LogP contribution in [0.1, 0.15) is 93.9 Å². The van der Waals surface area contributed by atoms with Crippen LogP contribution in [0.4, 0.5) is 0 Å². The summed E-state index contributed by atoms with van der Waals surface area (Å²) in [6.45, 7) is 19.3. The minimum Gasteiger partial charge on any atom is -0.0654 e. The van der Waals surface area contributed by atoms with E-state index in [9.17, 15) is 0 Å². The van der Waals surface area contributed by atoms with Crippen LogP contribution in [0.25, 0.3) is 0 Å². The van der Waals surface area contributed by atoms with Crippen molar-refractivity contribution in [2.75, 3.05) is 0 Å². The fourth-order valence-electron chi connectivity index (χ4n) is 3.70. The molecule has 0 aliphatic rings. The monoisotopic (exact) mass is 254 g/mol. The van der Waals surface area contributed by atoms with E-state index in [1.165, 1.54) is 38.5 Å². The summed E-state index contributed by atoms with van der Waals surface area (Å²) in [5, 5.41) is 0. The Morgan fingerprint density at radius 1 is 0.889 bits per heavy atom. The second-order valence-corrected chi connectivity index (χ2v) is 7.82. The Hall–Kier alpha value is 0. The van der Waals surface area contributed by atoms with Crippen molar-refractivity contribution in [3.63, 3.8) is 0 Å². The maximum absolute atomic E-state index is 2.49. The van der Waals surface area contributed by atoms with Crippen LogP contribution >= 0.6 is 0 Å². The van der Waals surface area contributed by atoms with E-state index >= 15 is 0 Å². The molecular weight excluding hydrogens is 216 g/mol. The smallest absolute Gasteiger partial charge is 0.0323 e. The molecule has 0 heterocycles. The molecule has 18 heavy (non-hydrogen) atoms. The van der Waals surface area contributed by atoms with Gasteiger partial charge in [0.25, 0.3) is 0 Å². The average molecular weight is 255 g/mol. The van der Waals surface area contributed by atoms with Crippen molar-refractivity contribution in [3.8, 4) is 0 Å². The SMILES string of the molecule is CCCC(C)(CC)CC(C)(C)CC(C)C(C)CC. The van der Waals surface area contributed by atoms with E-state index in [1.807, 2.05) is 0 Å². The zero-order chi connectivity index (χ0) is 14.4. The summed E-state index contributed by atoms with van der Waals surface area (Å²) >= 11 is 0. The van der Waals surface area contributed by atoms with Gasteiger partial charge in [0.1, 0.15) is 0 Å². The van der Waals surface area contributed by atoms with Crippen molar-refractivity contribution in [1.82, 2.24) is 0 Å². The van der Waals surface area contributed by atoms with Gasteiger partial charge in [0.15, 0.2) is 0 Å². The first-order chi connectivity index (χ1) is 8.19. The number of hydrogen-bond acceptors (Lipinski definition) is 0. The zero-order valence-electron chi connectivity index (χ0n) is 14.4. The third kappa shape index (κ3) is 6.25. The average Bonchev–Trinajstić information content (AvgIpc) is 2.26. The van der Waals surface area contributed by atoms with Crippen molar-refractivity contribution >= 4 is 0 Å². The van der Waals surface area contributed by atoms with Crippen molar-refractivity contribution in [1.29, 1.82) is 0 Å². The molecule has 3 atom stereocenters. The van der Waals surface area contributed by atoms with Gasteiger partial charge in [-0.25, -0.2) is 0 Å². The summed E-state index contributed by atoms with van der Waals surface area (Å²) in [5.41, 5.74) is 1.04. The van der Waals surface area contributed by atoms with Crippen LogP contribution in [0, 0.1) is 22.7 Å². The zero-order valence-corrected chi connectivity index (χ0v) is 14.4. The molecule has 0 saturated carbocycles. The fraction of sp³-hybridized carbons (Fsp3) is 1.00. The molecule has 3 unspecified atom stereocenters. The molecule has 0 heteroatoms. The molecule has 0 aliphatic heterocycles. The Balaban J connectivity index is 4.53. The fourth-order valence-corrected chi connectivity index (χ4v) is 3.70. The first-order valence-corrected chi connectivity index (χ1v) is 8.19. The van der Waals surface area contributed by atoms with Gasteiger partial charge in [0, 0.05) is 0 Å². The predicted molar refractivity (Wildman–Crippen MR) is 84.9 cm³/mol. The molecular formula is C18H38. The van der Waals surface area contributed by atoms with Crippen molar-refractivity contribution in [3.05, 3.63) is 0 Å². The van der Waals surface area contributed by atoms with Gasteiger partial charge >= 0.3 is 0 Å². The molecule has 0 rings (SSSR count). The minimum atomic E-state index is 0.489. The first kappa shape index (κ1) is 18.0. The van der Waals surface area contributed by atoms with E-state index in [0.717, 1.165) is 11.8 Å². The van der Waals surface area contributed by atoms with Crippen molar-refractivity contribution in [2.24, 2.45) is 22.7 Å². The molecule has 0 aromatic rings. The molecule has 0 aromatic carbocycles. The quantitative estimate of drug-likeness (QED) is 0.430. The second kappa shape index (κ2) is 7.56. The van der Waals surface area contributed by atoms with Gasteiger partial charge in [-0.05, 0) is 41.9 Å². The molecule has 110 valence electrons. The third-order valence-electron chi connectivity index (χ3n) is 5.10. The van der Waals surface area contributed by atoms with Crippen LogP contribution in [0.3, 0.4) is 0 Å². The van der Waals surface area contributed by atoms with Crippen LogP contribution in [0.5, 0.6) is 0 Å². The predicted octanol–water partition coefficient (Wildman–Crippen LogP) is 6.69. The molecule has 0 bridgehead atoms. The van der Waals surface area contributed by atoms with Crippen LogP contribution in [-0.4, -0.2) is 0 Å². The number of rotatable bonds is 9. The number of hydrogen-bond donors (Lipinski definition) is 0. The standard InChI is InChI=1S/C18H38/c1-9-12-18(8,11-3)14-17(6,7)13-16(5)15(4)10-2/h15-16H,9-14H2,1-8H3. The van der Waals surface area contributed by atoms with Crippen molar-refractivity contribution in [2.45, 2.75) is 93.9 Å². The third-order valence-corrected chi connectivity index (χ3v) is 5.10. The molecule has 0 fully saturated rings. The Morgan fingerprint density at radius 3 is 1.83 bits per heavy atom. The Bertz CT molecular complexity index is 216. The van der Waals surface area contributed by atoms with Gasteiger partial charge in [-0.2, -0.15) is 0 Å². The van der Waals surface area contributed by atoms with Gasteiger partial charge in [-0.1, -0.05) is 74.7 Å². The maximum atomic E-state index is 2.49. The van der Waals surface area contributed by atoms with Crippen LogP contribution in [-0.2, 0) is 0 Å². The van der Waals surface area contributed by atoms with E-state index in [-0.39, 0.29) is 0 Å². The summed E-state index contributed by atoms with van der Waals surface area (Å²) in [7, 11) is 0. The van der Waals surface area contributed by atoms with E-state index in [4.69, 9.17) is 0 Å². The van der Waals surface area contributed by atoms with E-state index in [2.05, 4.69) is 55.4 Å². The van der Waals surface area contributed by atoms with E-state index in [1.54, 1.807) is 0 Å². The van der Waals surface area contributed by atoms with Gasteiger partial charge in [-0.15, -0.1) is 0 Å². The second-order valence-electron chi connectivity index (χ2n) is 7.82. The summed E-state index contributed by atoms with van der Waals surface area (Å²) < 4.78 is 0. The minimum absolute atomic E-state index is 0.489. The summed E-state index contributed by atoms with van der Waals surface area (Å²) in [6.07, 6.45) is 8.09. The largest absolute Gasteiger partial charge is 0.0654 e. The van der Waals surface area contributed by atoms with Crippen LogP contribution in [0.2, 0.25) is 0 Å². The highest BCUT2D eigenvalue weighted by Crippen LogP contribution is 2.43. The molecule has 0 spiro atoms. The molecule has 0 nitrogen and oxygen atoms in total. The molecule has 0 saturated heterocycles. The molecule has 0 N–H and O–H groups in total. The Labute approximate surface area is 117 Å². The van der Waals surface area contributed by atoms with Crippen molar-refractivity contribution < 1.29 is 0 Å². The highest BCUT2D eigenvalue weighted by atomic mass is 14.4.